The van der Waals surface area contributed by atoms with Gasteiger partial charge in [-0.1, -0.05) is 12.1 Å². The summed E-state index contributed by atoms with van der Waals surface area (Å²) < 4.78 is 11.2. The Morgan fingerprint density at radius 1 is 0.895 bits per heavy atom. The van der Waals surface area contributed by atoms with Crippen molar-refractivity contribution in [1.29, 1.82) is 0 Å². The monoisotopic (exact) mass is 257 g/mol. The van der Waals surface area contributed by atoms with Gasteiger partial charge < -0.3 is 14.8 Å². The Morgan fingerprint density at radius 2 is 1.58 bits per heavy atom. The van der Waals surface area contributed by atoms with Gasteiger partial charge in [0.25, 0.3) is 0 Å². The summed E-state index contributed by atoms with van der Waals surface area (Å²) in [6.07, 6.45) is 0. The van der Waals surface area contributed by atoms with E-state index in [2.05, 4.69) is 5.32 Å². The molecule has 100 valence electrons. The Hall–Kier alpha value is -2.16. The van der Waals surface area contributed by atoms with Crippen LogP contribution in [0.3, 0.4) is 0 Å². The Kier molecular flexibility index (Phi) is 4.67. The molecule has 3 nitrogen and oxygen atoms in total. The van der Waals surface area contributed by atoms with Crippen molar-refractivity contribution < 1.29 is 9.47 Å². The SMILES string of the molecule is CNc1ccc(OCCOc2cccc(C)c2)cc1. The van der Waals surface area contributed by atoms with Gasteiger partial charge in [0.1, 0.15) is 24.7 Å². The summed E-state index contributed by atoms with van der Waals surface area (Å²) in [5.74, 6) is 1.74. The minimum absolute atomic E-state index is 0.535. The zero-order chi connectivity index (χ0) is 13.5. The Bertz CT molecular complexity index is 508. The summed E-state index contributed by atoms with van der Waals surface area (Å²) in [5.41, 5.74) is 2.27. The van der Waals surface area contributed by atoms with Crippen LogP contribution in [-0.2, 0) is 0 Å². The van der Waals surface area contributed by atoms with Crippen molar-refractivity contribution in [3.8, 4) is 11.5 Å². The first-order valence-corrected chi connectivity index (χ1v) is 6.38. The number of hydrogen-bond donors (Lipinski definition) is 1. The van der Waals surface area contributed by atoms with Crippen LogP contribution in [0.15, 0.2) is 48.5 Å². The van der Waals surface area contributed by atoms with Crippen molar-refractivity contribution in [3.05, 3.63) is 54.1 Å². The smallest absolute Gasteiger partial charge is 0.122 e. The second-order valence-electron chi connectivity index (χ2n) is 4.29. The van der Waals surface area contributed by atoms with Gasteiger partial charge >= 0.3 is 0 Å². The second-order valence-corrected chi connectivity index (χ2v) is 4.29. The van der Waals surface area contributed by atoms with Crippen molar-refractivity contribution in [2.75, 3.05) is 25.6 Å². The number of aryl methyl sites for hydroxylation is 1. The summed E-state index contributed by atoms with van der Waals surface area (Å²) in [5, 5.41) is 3.07. The molecular formula is C16H19NO2. The molecule has 0 radical (unpaired) electrons. The number of nitrogens with one attached hydrogen (secondary N) is 1. The highest BCUT2D eigenvalue weighted by atomic mass is 16.5. The summed E-state index contributed by atoms with van der Waals surface area (Å²) in [6.45, 7) is 3.12. The van der Waals surface area contributed by atoms with E-state index in [0.29, 0.717) is 13.2 Å². The zero-order valence-corrected chi connectivity index (χ0v) is 11.3. The highest BCUT2D eigenvalue weighted by Crippen LogP contribution is 2.15. The number of benzene rings is 2. The minimum atomic E-state index is 0.535. The predicted molar refractivity (Wildman–Crippen MR) is 78.2 cm³/mol. The van der Waals surface area contributed by atoms with E-state index in [4.69, 9.17) is 9.47 Å². The quantitative estimate of drug-likeness (QED) is 0.803. The van der Waals surface area contributed by atoms with Gasteiger partial charge in [0.15, 0.2) is 0 Å². The number of rotatable bonds is 6. The van der Waals surface area contributed by atoms with Gasteiger partial charge in [0, 0.05) is 12.7 Å². The highest BCUT2D eigenvalue weighted by Gasteiger charge is 1.96. The molecule has 0 aliphatic carbocycles. The fraction of sp³-hybridized carbons (Fsp3) is 0.250. The topological polar surface area (TPSA) is 30.5 Å². The Balaban J connectivity index is 1.74. The molecule has 0 fully saturated rings. The van der Waals surface area contributed by atoms with Crippen molar-refractivity contribution >= 4 is 5.69 Å². The summed E-state index contributed by atoms with van der Waals surface area (Å²) in [4.78, 5) is 0. The molecule has 0 saturated carbocycles. The Labute approximate surface area is 114 Å². The van der Waals surface area contributed by atoms with Crippen molar-refractivity contribution in [2.45, 2.75) is 6.92 Å². The molecule has 2 aromatic carbocycles. The van der Waals surface area contributed by atoms with Gasteiger partial charge in [-0.15, -0.1) is 0 Å². The molecule has 0 aliphatic rings. The molecule has 0 aromatic heterocycles. The van der Waals surface area contributed by atoms with Crippen molar-refractivity contribution in [1.82, 2.24) is 0 Å². The molecule has 0 saturated heterocycles. The minimum Gasteiger partial charge on any atom is -0.490 e. The van der Waals surface area contributed by atoms with Crippen LogP contribution in [0.2, 0.25) is 0 Å². The molecule has 2 aromatic rings. The third-order valence-electron chi connectivity index (χ3n) is 2.75. The molecule has 0 amide bonds. The maximum Gasteiger partial charge on any atom is 0.122 e. The molecule has 3 heteroatoms. The van der Waals surface area contributed by atoms with Crippen LogP contribution in [0.5, 0.6) is 11.5 Å². The first kappa shape index (κ1) is 13.3. The molecule has 2 rings (SSSR count). The van der Waals surface area contributed by atoms with Gasteiger partial charge in [-0.05, 0) is 48.9 Å². The largest absolute Gasteiger partial charge is 0.490 e. The third-order valence-corrected chi connectivity index (χ3v) is 2.75. The molecule has 0 atom stereocenters. The van der Waals surface area contributed by atoms with E-state index in [1.54, 1.807) is 0 Å². The lowest BCUT2D eigenvalue weighted by atomic mass is 10.2. The number of anilines is 1. The standard InChI is InChI=1S/C16H19NO2/c1-13-4-3-5-16(12-13)19-11-10-18-15-8-6-14(17-2)7-9-15/h3-9,12,17H,10-11H2,1-2H3. The molecular weight excluding hydrogens is 238 g/mol. The molecule has 0 unspecified atom stereocenters. The predicted octanol–water partition coefficient (Wildman–Crippen LogP) is 3.49. The average Bonchev–Trinajstić information content (AvgIpc) is 2.44. The number of ether oxygens (including phenoxy) is 2. The van der Waals surface area contributed by atoms with Gasteiger partial charge in [-0.3, -0.25) is 0 Å². The zero-order valence-electron chi connectivity index (χ0n) is 11.3. The summed E-state index contributed by atoms with van der Waals surface area (Å²) in [6, 6.07) is 15.9. The fourth-order valence-electron chi connectivity index (χ4n) is 1.74. The van der Waals surface area contributed by atoms with E-state index >= 15 is 0 Å². The van der Waals surface area contributed by atoms with E-state index in [1.807, 2.05) is 62.5 Å². The third kappa shape index (κ3) is 4.21. The van der Waals surface area contributed by atoms with Gasteiger partial charge in [-0.25, -0.2) is 0 Å². The van der Waals surface area contributed by atoms with Crippen LogP contribution < -0.4 is 14.8 Å². The fourth-order valence-corrected chi connectivity index (χ4v) is 1.74. The molecule has 0 spiro atoms. The second kappa shape index (κ2) is 6.69. The first-order valence-electron chi connectivity index (χ1n) is 6.38. The number of hydrogen-bond acceptors (Lipinski definition) is 3. The lowest BCUT2D eigenvalue weighted by Gasteiger charge is -2.09. The Morgan fingerprint density at radius 3 is 2.21 bits per heavy atom. The lowest BCUT2D eigenvalue weighted by molar-refractivity contribution is 0.217. The van der Waals surface area contributed by atoms with Crippen LogP contribution in [-0.4, -0.2) is 20.3 Å². The van der Waals surface area contributed by atoms with E-state index in [9.17, 15) is 0 Å². The molecule has 1 N–H and O–H groups in total. The average molecular weight is 257 g/mol. The molecule has 0 aliphatic heterocycles. The van der Waals surface area contributed by atoms with Crippen molar-refractivity contribution in [2.24, 2.45) is 0 Å². The van der Waals surface area contributed by atoms with E-state index < -0.39 is 0 Å². The van der Waals surface area contributed by atoms with E-state index in [0.717, 1.165) is 17.2 Å². The van der Waals surface area contributed by atoms with Gasteiger partial charge in [0.05, 0.1) is 0 Å². The summed E-state index contributed by atoms with van der Waals surface area (Å²) >= 11 is 0. The van der Waals surface area contributed by atoms with E-state index in [-0.39, 0.29) is 0 Å². The van der Waals surface area contributed by atoms with Crippen LogP contribution in [0, 0.1) is 6.92 Å². The van der Waals surface area contributed by atoms with Gasteiger partial charge in [0.2, 0.25) is 0 Å². The molecule has 0 heterocycles. The van der Waals surface area contributed by atoms with Crippen LogP contribution in [0.25, 0.3) is 0 Å². The molecule has 0 bridgehead atoms. The van der Waals surface area contributed by atoms with Crippen LogP contribution in [0.1, 0.15) is 5.56 Å². The maximum absolute atomic E-state index is 5.62. The van der Waals surface area contributed by atoms with E-state index in [1.165, 1.54) is 5.56 Å². The normalized spacial score (nSPS) is 10.0. The van der Waals surface area contributed by atoms with Crippen LogP contribution >= 0.6 is 0 Å². The highest BCUT2D eigenvalue weighted by molar-refractivity contribution is 5.45. The summed E-state index contributed by atoms with van der Waals surface area (Å²) in [7, 11) is 1.89. The lowest BCUT2D eigenvalue weighted by Crippen LogP contribution is -2.09. The van der Waals surface area contributed by atoms with Crippen molar-refractivity contribution in [3.63, 3.8) is 0 Å². The van der Waals surface area contributed by atoms with Gasteiger partial charge in [-0.2, -0.15) is 0 Å². The first-order chi connectivity index (χ1) is 9.28. The maximum atomic E-state index is 5.62. The van der Waals surface area contributed by atoms with Crippen LogP contribution in [0.4, 0.5) is 5.69 Å². The molecule has 19 heavy (non-hydrogen) atoms.